The zero-order valence-electron chi connectivity index (χ0n) is 19.3. The van der Waals surface area contributed by atoms with Gasteiger partial charge in [0.15, 0.2) is 0 Å². The summed E-state index contributed by atoms with van der Waals surface area (Å²) in [5.41, 5.74) is 1.67. The SMILES string of the molecule is CC[C@H](C(=O)NCCOc1cccc(C)c1C)N(c1cc([N+](=O)[O-])ccc1OC)S(C)(=O)=O. The number of nitro benzene ring substituents is 1. The lowest BCUT2D eigenvalue weighted by Gasteiger charge is -2.30. The molecule has 180 valence electrons. The molecule has 1 N–H and O–H groups in total. The van der Waals surface area contributed by atoms with E-state index in [4.69, 9.17) is 9.47 Å². The number of benzene rings is 2. The van der Waals surface area contributed by atoms with E-state index in [9.17, 15) is 23.3 Å². The first-order valence-corrected chi connectivity index (χ1v) is 12.1. The van der Waals surface area contributed by atoms with Crippen LogP contribution in [0.25, 0.3) is 0 Å². The van der Waals surface area contributed by atoms with E-state index < -0.39 is 26.9 Å². The molecule has 0 aromatic heterocycles. The van der Waals surface area contributed by atoms with Gasteiger partial charge < -0.3 is 14.8 Å². The van der Waals surface area contributed by atoms with E-state index >= 15 is 0 Å². The Morgan fingerprint density at radius 3 is 2.48 bits per heavy atom. The number of sulfonamides is 1. The van der Waals surface area contributed by atoms with Gasteiger partial charge in [-0.25, -0.2) is 8.42 Å². The number of amides is 1. The van der Waals surface area contributed by atoms with E-state index in [1.165, 1.54) is 19.2 Å². The predicted molar refractivity (Wildman–Crippen MR) is 125 cm³/mol. The van der Waals surface area contributed by atoms with Crippen molar-refractivity contribution in [2.45, 2.75) is 33.2 Å². The Kier molecular flexibility index (Phi) is 8.63. The molecule has 0 unspecified atom stereocenters. The van der Waals surface area contributed by atoms with E-state index in [1.54, 1.807) is 6.92 Å². The molecule has 0 fully saturated rings. The quantitative estimate of drug-likeness (QED) is 0.298. The minimum absolute atomic E-state index is 0.0807. The lowest BCUT2D eigenvalue weighted by Crippen LogP contribution is -2.50. The average molecular weight is 480 g/mol. The van der Waals surface area contributed by atoms with Crippen LogP contribution in [0.5, 0.6) is 11.5 Å². The van der Waals surface area contributed by atoms with Gasteiger partial charge in [-0.3, -0.25) is 19.2 Å². The van der Waals surface area contributed by atoms with E-state index in [-0.39, 0.29) is 36.7 Å². The number of nitrogens with one attached hydrogen (secondary N) is 1. The van der Waals surface area contributed by atoms with Crippen molar-refractivity contribution in [1.29, 1.82) is 0 Å². The van der Waals surface area contributed by atoms with Gasteiger partial charge in [-0.15, -0.1) is 0 Å². The molecule has 1 amide bonds. The average Bonchev–Trinajstić information content (AvgIpc) is 2.76. The molecule has 11 heteroatoms. The van der Waals surface area contributed by atoms with Gasteiger partial charge in [0, 0.05) is 12.1 Å². The normalized spacial score (nSPS) is 12.0. The number of carbonyl (C=O) groups excluding carboxylic acids is 1. The number of anilines is 1. The van der Waals surface area contributed by atoms with Crippen LogP contribution in [-0.2, 0) is 14.8 Å². The van der Waals surface area contributed by atoms with E-state index in [1.807, 2.05) is 32.0 Å². The Morgan fingerprint density at radius 1 is 1.21 bits per heavy atom. The Labute approximate surface area is 193 Å². The molecular weight excluding hydrogens is 450 g/mol. The second-order valence-corrected chi connectivity index (χ2v) is 9.29. The van der Waals surface area contributed by atoms with Crippen LogP contribution in [0.15, 0.2) is 36.4 Å². The summed E-state index contributed by atoms with van der Waals surface area (Å²) in [6.07, 6.45) is 1.06. The lowest BCUT2D eigenvalue weighted by molar-refractivity contribution is -0.384. The highest BCUT2D eigenvalue weighted by Crippen LogP contribution is 2.35. The molecule has 0 radical (unpaired) electrons. The molecule has 0 aliphatic rings. The number of aryl methyl sites for hydroxylation is 1. The Hall–Kier alpha value is -3.34. The van der Waals surface area contributed by atoms with E-state index in [0.29, 0.717) is 5.75 Å². The van der Waals surface area contributed by atoms with Crippen molar-refractivity contribution in [3.8, 4) is 11.5 Å². The Balaban J connectivity index is 2.23. The molecule has 0 aliphatic carbocycles. The van der Waals surface area contributed by atoms with Gasteiger partial charge in [0.1, 0.15) is 29.8 Å². The molecule has 2 aromatic carbocycles. The number of ether oxygens (including phenoxy) is 2. The number of carbonyl (C=O) groups is 1. The van der Waals surface area contributed by atoms with Crippen LogP contribution in [0.1, 0.15) is 24.5 Å². The molecule has 33 heavy (non-hydrogen) atoms. The second-order valence-electron chi connectivity index (χ2n) is 7.43. The third-order valence-corrected chi connectivity index (χ3v) is 6.32. The highest BCUT2D eigenvalue weighted by atomic mass is 32.2. The largest absolute Gasteiger partial charge is 0.495 e. The fraction of sp³-hybridized carbons (Fsp3) is 0.409. The molecule has 0 aliphatic heterocycles. The summed E-state index contributed by atoms with van der Waals surface area (Å²) in [6.45, 7) is 5.89. The predicted octanol–water partition coefficient (Wildman–Crippen LogP) is 2.96. The van der Waals surface area contributed by atoms with Gasteiger partial charge >= 0.3 is 0 Å². The maximum Gasteiger partial charge on any atom is 0.271 e. The zero-order valence-corrected chi connectivity index (χ0v) is 20.1. The number of rotatable bonds is 11. The van der Waals surface area contributed by atoms with Crippen LogP contribution in [0.2, 0.25) is 0 Å². The molecule has 2 rings (SSSR count). The van der Waals surface area contributed by atoms with Crippen molar-refractivity contribution >= 4 is 27.3 Å². The van der Waals surface area contributed by atoms with Gasteiger partial charge in [0.05, 0.1) is 24.8 Å². The molecule has 0 heterocycles. The number of nitro groups is 1. The molecule has 0 bridgehead atoms. The molecule has 10 nitrogen and oxygen atoms in total. The summed E-state index contributed by atoms with van der Waals surface area (Å²) in [7, 11) is -2.68. The monoisotopic (exact) mass is 479 g/mol. The smallest absolute Gasteiger partial charge is 0.271 e. The minimum atomic E-state index is -3.99. The highest BCUT2D eigenvalue weighted by molar-refractivity contribution is 7.92. The van der Waals surface area contributed by atoms with Gasteiger partial charge in [0.25, 0.3) is 5.69 Å². The number of hydrogen-bond acceptors (Lipinski definition) is 7. The summed E-state index contributed by atoms with van der Waals surface area (Å²) >= 11 is 0. The van der Waals surface area contributed by atoms with Gasteiger partial charge in [-0.2, -0.15) is 0 Å². The van der Waals surface area contributed by atoms with Crippen molar-refractivity contribution in [3.05, 3.63) is 57.6 Å². The topological polar surface area (TPSA) is 128 Å². The van der Waals surface area contributed by atoms with Crippen LogP contribution in [-0.4, -0.2) is 51.8 Å². The molecular formula is C22H29N3O7S. The van der Waals surface area contributed by atoms with Crippen molar-refractivity contribution < 1.29 is 27.6 Å². The third-order valence-electron chi connectivity index (χ3n) is 5.15. The third kappa shape index (κ3) is 6.35. The number of methoxy groups -OCH3 is 1. The first kappa shape index (κ1) is 25.9. The Bertz CT molecular complexity index is 1120. The standard InChI is InChI=1S/C22H29N3O7S/c1-6-18(22(26)23-12-13-32-20-9-7-8-15(2)16(20)3)24(33(5,29)30)19-14-17(25(27)28)10-11-21(19)31-4/h7-11,14,18H,6,12-13H2,1-5H3,(H,23,26)/t18-/m1/s1. The number of nitrogens with zero attached hydrogens (tertiary/aromatic N) is 2. The first-order chi connectivity index (χ1) is 15.5. The fourth-order valence-electron chi connectivity index (χ4n) is 3.33. The first-order valence-electron chi connectivity index (χ1n) is 10.3. The summed E-state index contributed by atoms with van der Waals surface area (Å²) in [6, 6.07) is 8.12. The number of hydrogen-bond donors (Lipinski definition) is 1. The van der Waals surface area contributed by atoms with Gasteiger partial charge in [0.2, 0.25) is 15.9 Å². The van der Waals surface area contributed by atoms with Crippen LogP contribution < -0.4 is 19.1 Å². The van der Waals surface area contributed by atoms with Crippen LogP contribution >= 0.6 is 0 Å². The molecule has 2 aromatic rings. The van der Waals surface area contributed by atoms with E-state index in [2.05, 4.69) is 5.32 Å². The minimum Gasteiger partial charge on any atom is -0.495 e. The van der Waals surface area contributed by atoms with Crippen LogP contribution in [0, 0.1) is 24.0 Å². The fourth-order valence-corrected chi connectivity index (χ4v) is 4.54. The van der Waals surface area contributed by atoms with Gasteiger partial charge in [-0.05, 0) is 43.5 Å². The maximum absolute atomic E-state index is 12.9. The van der Waals surface area contributed by atoms with Crippen molar-refractivity contribution in [3.63, 3.8) is 0 Å². The van der Waals surface area contributed by atoms with Crippen LogP contribution in [0.3, 0.4) is 0 Å². The second kappa shape index (κ2) is 11.0. The number of non-ortho nitro benzene ring substituents is 1. The molecule has 0 saturated carbocycles. The van der Waals surface area contributed by atoms with E-state index in [0.717, 1.165) is 27.8 Å². The van der Waals surface area contributed by atoms with Crippen LogP contribution in [0.4, 0.5) is 11.4 Å². The highest BCUT2D eigenvalue weighted by Gasteiger charge is 2.34. The molecule has 0 spiro atoms. The lowest BCUT2D eigenvalue weighted by atomic mass is 10.1. The zero-order chi connectivity index (χ0) is 24.8. The summed E-state index contributed by atoms with van der Waals surface area (Å²) < 4.78 is 37.1. The van der Waals surface area contributed by atoms with Crippen molar-refractivity contribution in [2.75, 3.05) is 30.8 Å². The van der Waals surface area contributed by atoms with Gasteiger partial charge in [-0.1, -0.05) is 19.1 Å². The molecule has 0 saturated heterocycles. The summed E-state index contributed by atoms with van der Waals surface area (Å²) in [5, 5.41) is 13.9. The van der Waals surface area contributed by atoms with Crippen molar-refractivity contribution in [1.82, 2.24) is 5.32 Å². The Morgan fingerprint density at radius 2 is 1.91 bits per heavy atom. The van der Waals surface area contributed by atoms with Crippen molar-refractivity contribution in [2.24, 2.45) is 0 Å². The summed E-state index contributed by atoms with van der Waals surface area (Å²) in [5.74, 6) is 0.243. The molecule has 1 atom stereocenters. The summed E-state index contributed by atoms with van der Waals surface area (Å²) in [4.78, 5) is 23.5. The maximum atomic E-state index is 12.9.